The van der Waals surface area contributed by atoms with Crippen molar-refractivity contribution < 1.29 is 14.3 Å². The van der Waals surface area contributed by atoms with Crippen molar-refractivity contribution in [3.63, 3.8) is 0 Å². The quantitative estimate of drug-likeness (QED) is 0.751. The minimum atomic E-state index is -0.257. The molecule has 28 heavy (non-hydrogen) atoms. The van der Waals surface area contributed by atoms with Crippen LogP contribution in [0.5, 0.6) is 5.75 Å². The lowest BCUT2D eigenvalue weighted by Gasteiger charge is -2.16. The Hall–Kier alpha value is -2.89. The molecule has 0 unspecified atom stereocenters. The van der Waals surface area contributed by atoms with Gasteiger partial charge in [0.25, 0.3) is 11.8 Å². The van der Waals surface area contributed by atoms with Crippen molar-refractivity contribution >= 4 is 11.8 Å². The molecule has 2 aromatic rings. The summed E-state index contributed by atoms with van der Waals surface area (Å²) in [6.07, 6.45) is 9.78. The van der Waals surface area contributed by atoms with E-state index in [1.165, 1.54) is 25.2 Å². The van der Waals surface area contributed by atoms with Crippen molar-refractivity contribution in [1.29, 1.82) is 0 Å². The molecule has 1 heterocycles. The van der Waals surface area contributed by atoms with Crippen molar-refractivity contribution in [2.24, 2.45) is 0 Å². The van der Waals surface area contributed by atoms with E-state index in [0.29, 0.717) is 17.7 Å². The van der Waals surface area contributed by atoms with Crippen LogP contribution in [0.3, 0.4) is 0 Å². The third-order valence-electron chi connectivity index (χ3n) is 5.07. The smallest absolute Gasteiger partial charge is 0.253 e. The number of ether oxygens (including phenoxy) is 1. The van der Waals surface area contributed by atoms with Crippen LogP contribution in [0.2, 0.25) is 0 Å². The van der Waals surface area contributed by atoms with E-state index in [-0.39, 0.29) is 17.9 Å². The Kier molecular flexibility index (Phi) is 7.00. The standard InChI is InChI=1S/C22H27N3O3/c1-28-20-10-8-16(9-11-20)13-24-21(26)17-12-18(15-23-14-17)22(27)25-19-6-4-2-3-5-7-19/h8-12,14-15,19H,2-7,13H2,1H3,(H,24,26)(H,25,27). The van der Waals surface area contributed by atoms with E-state index in [9.17, 15) is 9.59 Å². The third kappa shape index (κ3) is 5.55. The van der Waals surface area contributed by atoms with Gasteiger partial charge in [0.2, 0.25) is 0 Å². The zero-order valence-corrected chi connectivity index (χ0v) is 16.2. The molecule has 2 N–H and O–H groups in total. The van der Waals surface area contributed by atoms with Crippen molar-refractivity contribution in [3.8, 4) is 5.75 Å². The van der Waals surface area contributed by atoms with Crippen LogP contribution in [0, 0.1) is 0 Å². The number of carbonyl (C=O) groups excluding carboxylic acids is 2. The molecule has 1 saturated carbocycles. The third-order valence-corrected chi connectivity index (χ3v) is 5.07. The minimum absolute atomic E-state index is 0.163. The van der Waals surface area contributed by atoms with Gasteiger partial charge in [0.1, 0.15) is 5.75 Å². The molecule has 0 spiro atoms. The monoisotopic (exact) mass is 381 g/mol. The molecule has 1 aromatic carbocycles. The maximum atomic E-state index is 12.5. The molecule has 0 aliphatic heterocycles. The molecule has 6 heteroatoms. The lowest BCUT2D eigenvalue weighted by atomic mass is 10.1. The SMILES string of the molecule is COc1ccc(CNC(=O)c2cncc(C(=O)NC3CCCCCC3)c2)cc1. The van der Waals surface area contributed by atoms with Crippen molar-refractivity contribution in [2.75, 3.05) is 7.11 Å². The van der Waals surface area contributed by atoms with E-state index >= 15 is 0 Å². The number of aromatic nitrogens is 1. The number of amides is 2. The Morgan fingerprint density at radius 3 is 2.29 bits per heavy atom. The first kappa shape index (κ1) is 19.9. The lowest BCUT2D eigenvalue weighted by Crippen LogP contribution is -2.34. The first-order valence-corrected chi connectivity index (χ1v) is 9.83. The Balaban J connectivity index is 1.57. The number of rotatable bonds is 6. The summed E-state index contributed by atoms with van der Waals surface area (Å²) in [5.74, 6) is 0.350. The number of nitrogens with zero attached hydrogens (tertiary/aromatic N) is 1. The van der Waals surface area contributed by atoms with Gasteiger partial charge in [0, 0.05) is 25.0 Å². The van der Waals surface area contributed by atoms with Crippen LogP contribution in [0.15, 0.2) is 42.7 Å². The normalized spacial score (nSPS) is 14.8. The molecule has 0 radical (unpaired) electrons. The molecule has 148 valence electrons. The van der Waals surface area contributed by atoms with Gasteiger partial charge in [-0.25, -0.2) is 0 Å². The van der Waals surface area contributed by atoms with E-state index in [0.717, 1.165) is 37.0 Å². The van der Waals surface area contributed by atoms with Gasteiger partial charge in [0.05, 0.1) is 18.2 Å². The fourth-order valence-corrected chi connectivity index (χ4v) is 3.41. The van der Waals surface area contributed by atoms with Crippen LogP contribution >= 0.6 is 0 Å². The Morgan fingerprint density at radius 2 is 1.64 bits per heavy atom. The number of hydrogen-bond acceptors (Lipinski definition) is 4. The molecule has 0 bridgehead atoms. The summed E-state index contributed by atoms with van der Waals surface area (Å²) in [7, 11) is 1.61. The Morgan fingerprint density at radius 1 is 1.00 bits per heavy atom. The number of nitrogens with one attached hydrogen (secondary N) is 2. The molecule has 1 fully saturated rings. The van der Waals surface area contributed by atoms with Gasteiger partial charge in [-0.1, -0.05) is 37.8 Å². The van der Waals surface area contributed by atoms with Crippen LogP contribution < -0.4 is 15.4 Å². The van der Waals surface area contributed by atoms with Gasteiger partial charge < -0.3 is 15.4 Å². The highest BCUT2D eigenvalue weighted by molar-refractivity contribution is 5.99. The van der Waals surface area contributed by atoms with Gasteiger partial charge in [-0.05, 0) is 36.6 Å². The molecular formula is C22H27N3O3. The summed E-state index contributed by atoms with van der Waals surface area (Å²) < 4.78 is 5.13. The Labute approximate surface area is 165 Å². The maximum Gasteiger partial charge on any atom is 0.253 e. The van der Waals surface area contributed by atoms with Gasteiger partial charge in [-0.3, -0.25) is 14.6 Å². The summed E-state index contributed by atoms with van der Waals surface area (Å²) in [5, 5.41) is 5.94. The average molecular weight is 381 g/mol. The number of methoxy groups -OCH3 is 1. The van der Waals surface area contributed by atoms with E-state index in [1.54, 1.807) is 13.2 Å². The molecule has 2 amide bonds. The van der Waals surface area contributed by atoms with Gasteiger partial charge in [0.15, 0.2) is 0 Å². The number of carbonyl (C=O) groups is 2. The second-order valence-corrected chi connectivity index (χ2v) is 7.15. The van der Waals surface area contributed by atoms with E-state index in [1.807, 2.05) is 24.3 Å². The number of pyridine rings is 1. The summed E-state index contributed by atoms with van der Waals surface area (Å²) in [6, 6.07) is 9.30. The highest BCUT2D eigenvalue weighted by Gasteiger charge is 2.17. The second-order valence-electron chi connectivity index (χ2n) is 7.15. The van der Waals surface area contributed by atoms with Crippen molar-refractivity contribution in [2.45, 2.75) is 51.1 Å². The zero-order chi connectivity index (χ0) is 19.8. The van der Waals surface area contributed by atoms with E-state index in [4.69, 9.17) is 4.74 Å². The molecular weight excluding hydrogens is 354 g/mol. The minimum Gasteiger partial charge on any atom is -0.497 e. The Bertz CT molecular complexity index is 797. The second kappa shape index (κ2) is 9.88. The highest BCUT2D eigenvalue weighted by atomic mass is 16.5. The van der Waals surface area contributed by atoms with Gasteiger partial charge in [-0.15, -0.1) is 0 Å². The summed E-state index contributed by atoms with van der Waals surface area (Å²) in [6.45, 7) is 0.390. The fraction of sp³-hybridized carbons (Fsp3) is 0.409. The van der Waals surface area contributed by atoms with Crippen LogP contribution in [-0.2, 0) is 6.54 Å². The maximum absolute atomic E-state index is 12.5. The predicted octanol–water partition coefficient (Wildman–Crippen LogP) is 3.47. The molecule has 1 aliphatic rings. The van der Waals surface area contributed by atoms with Crippen molar-refractivity contribution in [1.82, 2.24) is 15.6 Å². The van der Waals surface area contributed by atoms with Crippen molar-refractivity contribution in [3.05, 3.63) is 59.4 Å². The summed E-state index contributed by atoms with van der Waals surface area (Å²) in [4.78, 5) is 29.1. The topological polar surface area (TPSA) is 80.3 Å². The summed E-state index contributed by atoms with van der Waals surface area (Å²) >= 11 is 0. The molecule has 0 saturated heterocycles. The molecule has 3 rings (SSSR count). The fourth-order valence-electron chi connectivity index (χ4n) is 3.41. The van der Waals surface area contributed by atoms with E-state index < -0.39 is 0 Å². The van der Waals surface area contributed by atoms with Crippen LogP contribution in [0.1, 0.15) is 64.8 Å². The van der Waals surface area contributed by atoms with E-state index in [2.05, 4.69) is 15.6 Å². The lowest BCUT2D eigenvalue weighted by molar-refractivity contribution is 0.0933. The molecule has 1 aliphatic carbocycles. The largest absolute Gasteiger partial charge is 0.497 e. The van der Waals surface area contributed by atoms with Crippen LogP contribution in [0.4, 0.5) is 0 Å². The van der Waals surface area contributed by atoms with Gasteiger partial charge >= 0.3 is 0 Å². The van der Waals surface area contributed by atoms with Crippen LogP contribution in [0.25, 0.3) is 0 Å². The molecule has 6 nitrogen and oxygen atoms in total. The van der Waals surface area contributed by atoms with Crippen LogP contribution in [-0.4, -0.2) is 29.9 Å². The summed E-state index contributed by atoms with van der Waals surface area (Å²) in [5.41, 5.74) is 1.76. The zero-order valence-electron chi connectivity index (χ0n) is 16.2. The predicted molar refractivity (Wildman–Crippen MR) is 107 cm³/mol. The first-order valence-electron chi connectivity index (χ1n) is 9.83. The molecule has 1 aromatic heterocycles. The first-order chi connectivity index (χ1) is 13.7. The average Bonchev–Trinajstić information content (AvgIpc) is 3.01. The van der Waals surface area contributed by atoms with Gasteiger partial charge in [-0.2, -0.15) is 0 Å². The number of benzene rings is 1. The molecule has 0 atom stereocenters. The highest BCUT2D eigenvalue weighted by Crippen LogP contribution is 2.18. The number of hydrogen-bond donors (Lipinski definition) is 2.